The first kappa shape index (κ1) is 38.6. The molecule has 5 heterocycles. The van der Waals surface area contributed by atoms with Gasteiger partial charge in [0.25, 0.3) is 5.91 Å². The minimum absolute atomic E-state index is 0.0228. The van der Waals surface area contributed by atoms with Gasteiger partial charge < -0.3 is 25.0 Å². The molecular formula is C44H46F2N8O4. The van der Waals surface area contributed by atoms with Crippen LogP contribution in [0.3, 0.4) is 0 Å². The summed E-state index contributed by atoms with van der Waals surface area (Å²) in [6.07, 6.45) is 8.61. The Labute approximate surface area is 334 Å². The fraction of sp³-hybridized carbons (Fsp3) is 0.341. The molecule has 3 aliphatic heterocycles. The number of hydrogen-bond donors (Lipinski definition) is 3. The summed E-state index contributed by atoms with van der Waals surface area (Å²) in [4.78, 5) is 58.2. The van der Waals surface area contributed by atoms with E-state index in [1.54, 1.807) is 48.1 Å². The SMILES string of the molecule is CN(C)C(=O)c1cc2c(-c3ccc(C4CCN(c5ccc(N[C@@H]6CCC(=O)NC6=O)cc5F)CC4)cc3)cc(C3=CCCN(C(=O)CCn4cccn4)C3)c(F)c2[nH]1. The summed E-state index contributed by atoms with van der Waals surface area (Å²) >= 11 is 0. The van der Waals surface area contributed by atoms with Crippen LogP contribution in [0, 0.1) is 11.6 Å². The summed E-state index contributed by atoms with van der Waals surface area (Å²) in [6.45, 7) is 2.61. The van der Waals surface area contributed by atoms with Gasteiger partial charge in [-0.25, -0.2) is 8.78 Å². The number of hydrogen-bond acceptors (Lipinski definition) is 7. The Morgan fingerprint density at radius 3 is 2.47 bits per heavy atom. The van der Waals surface area contributed by atoms with Crippen LogP contribution in [0.2, 0.25) is 0 Å². The standard InChI is InChI=1S/C44H46F2N8O4/c1-51(2)44(58)37-25-34-32(24-33(41(46)42(34)49-37)30-5-3-18-53(26-30)40(56)16-22-54-19-4-17-47-54)29-8-6-27(7-9-29)28-14-20-52(21-15-28)38-12-10-31(23-35(38)45)48-36-11-13-39(55)50-43(36)57/h4-10,12,17,19,23-25,28,36,48-49H,3,11,13-16,18,20-22,26H2,1-2H3,(H,50,55,57)/t36-/m1/s1. The highest BCUT2D eigenvalue weighted by molar-refractivity contribution is 6.05. The number of carbonyl (C=O) groups is 4. The fourth-order valence-electron chi connectivity index (χ4n) is 8.32. The molecule has 8 rings (SSSR count). The molecule has 0 saturated carbocycles. The van der Waals surface area contributed by atoms with E-state index in [1.165, 1.54) is 11.0 Å². The molecule has 2 fully saturated rings. The first-order valence-corrected chi connectivity index (χ1v) is 19.8. The van der Waals surface area contributed by atoms with Gasteiger partial charge in [0.1, 0.15) is 17.6 Å². The monoisotopic (exact) mass is 788 g/mol. The molecule has 0 radical (unpaired) electrons. The van der Waals surface area contributed by atoms with E-state index < -0.39 is 17.8 Å². The van der Waals surface area contributed by atoms with Crippen molar-refractivity contribution in [3.05, 3.63) is 108 Å². The summed E-state index contributed by atoms with van der Waals surface area (Å²) in [5.74, 6) is -1.58. The van der Waals surface area contributed by atoms with Crippen LogP contribution in [0.5, 0.6) is 0 Å². The molecule has 2 saturated heterocycles. The first-order valence-electron chi connectivity index (χ1n) is 19.8. The summed E-state index contributed by atoms with van der Waals surface area (Å²) in [7, 11) is 3.31. The Morgan fingerprint density at radius 1 is 0.966 bits per heavy atom. The second-order valence-corrected chi connectivity index (χ2v) is 15.5. The van der Waals surface area contributed by atoms with Crippen LogP contribution in [-0.2, 0) is 20.9 Å². The first-order chi connectivity index (χ1) is 28.0. The lowest BCUT2D eigenvalue weighted by Gasteiger charge is -2.34. The third-order valence-corrected chi connectivity index (χ3v) is 11.5. The predicted molar refractivity (Wildman–Crippen MR) is 218 cm³/mol. The van der Waals surface area contributed by atoms with Gasteiger partial charge in [-0.1, -0.05) is 30.3 Å². The normalized spacial score (nSPS) is 17.7. The Morgan fingerprint density at radius 2 is 1.76 bits per heavy atom. The van der Waals surface area contributed by atoms with Crippen molar-refractivity contribution in [2.24, 2.45) is 0 Å². The summed E-state index contributed by atoms with van der Waals surface area (Å²) in [6, 6.07) is 17.9. The van der Waals surface area contributed by atoms with Crippen molar-refractivity contribution in [2.75, 3.05) is 50.5 Å². The maximum absolute atomic E-state index is 16.5. The Kier molecular flexibility index (Phi) is 10.8. The summed E-state index contributed by atoms with van der Waals surface area (Å²) in [5, 5.41) is 10.1. The maximum Gasteiger partial charge on any atom is 0.269 e. The molecule has 0 spiro atoms. The number of nitrogens with one attached hydrogen (secondary N) is 3. The number of imide groups is 1. The van der Waals surface area contributed by atoms with E-state index in [4.69, 9.17) is 0 Å². The highest BCUT2D eigenvalue weighted by Gasteiger charge is 2.29. The van der Waals surface area contributed by atoms with Gasteiger partial charge in [0.05, 0.1) is 11.2 Å². The molecule has 14 heteroatoms. The number of benzene rings is 3. The van der Waals surface area contributed by atoms with Gasteiger partial charge in [-0.3, -0.25) is 29.2 Å². The van der Waals surface area contributed by atoms with Crippen LogP contribution in [0.25, 0.3) is 27.6 Å². The van der Waals surface area contributed by atoms with Crippen molar-refractivity contribution in [3.8, 4) is 11.1 Å². The van der Waals surface area contributed by atoms with Gasteiger partial charge in [0.15, 0.2) is 5.82 Å². The van der Waals surface area contributed by atoms with E-state index in [0.29, 0.717) is 61.3 Å². The Bertz CT molecular complexity index is 2400. The lowest BCUT2D eigenvalue weighted by molar-refractivity contribution is -0.134. The van der Waals surface area contributed by atoms with Crippen LogP contribution < -0.4 is 15.5 Å². The quantitative estimate of drug-likeness (QED) is 0.141. The van der Waals surface area contributed by atoms with Gasteiger partial charge in [-0.15, -0.1) is 0 Å². The molecular weight excluding hydrogens is 743 g/mol. The Hall–Kier alpha value is -6.31. The second kappa shape index (κ2) is 16.3. The summed E-state index contributed by atoms with van der Waals surface area (Å²) in [5.41, 5.74) is 5.42. The highest BCUT2D eigenvalue weighted by Crippen LogP contribution is 2.39. The van der Waals surface area contributed by atoms with Crippen LogP contribution in [0.4, 0.5) is 20.2 Å². The molecule has 3 N–H and O–H groups in total. The van der Waals surface area contributed by atoms with Gasteiger partial charge in [0.2, 0.25) is 17.7 Å². The predicted octanol–water partition coefficient (Wildman–Crippen LogP) is 6.32. The second-order valence-electron chi connectivity index (χ2n) is 15.5. The number of amides is 4. The van der Waals surface area contributed by atoms with Crippen molar-refractivity contribution >= 4 is 51.5 Å². The van der Waals surface area contributed by atoms with Crippen LogP contribution in [0.1, 0.15) is 66.1 Å². The van der Waals surface area contributed by atoms with E-state index in [9.17, 15) is 19.2 Å². The zero-order valence-corrected chi connectivity index (χ0v) is 32.6. The average molecular weight is 789 g/mol. The van der Waals surface area contributed by atoms with E-state index in [2.05, 4.69) is 32.8 Å². The molecule has 0 unspecified atom stereocenters. The molecule has 12 nitrogen and oxygen atoms in total. The van der Waals surface area contributed by atoms with E-state index in [0.717, 1.165) is 35.1 Å². The minimum Gasteiger partial charge on any atom is -0.374 e. The van der Waals surface area contributed by atoms with E-state index >= 15 is 8.78 Å². The fourth-order valence-corrected chi connectivity index (χ4v) is 8.32. The number of aromatic amines is 1. The molecule has 5 aromatic rings. The molecule has 2 aromatic heterocycles. The molecule has 3 aromatic carbocycles. The number of nitrogens with zero attached hydrogens (tertiary/aromatic N) is 5. The van der Waals surface area contributed by atoms with E-state index in [-0.39, 0.29) is 60.1 Å². The molecule has 0 aliphatic carbocycles. The lowest BCUT2D eigenvalue weighted by Crippen LogP contribution is -2.47. The van der Waals surface area contributed by atoms with Gasteiger partial charge in [-0.05, 0) is 90.3 Å². The number of halogens is 2. The third-order valence-electron chi connectivity index (χ3n) is 11.5. The molecule has 0 bridgehead atoms. The topological polar surface area (TPSA) is 136 Å². The average Bonchev–Trinajstić information content (AvgIpc) is 3.93. The van der Waals surface area contributed by atoms with Gasteiger partial charge >= 0.3 is 0 Å². The van der Waals surface area contributed by atoms with Crippen LogP contribution in [0.15, 0.2) is 79.1 Å². The van der Waals surface area contributed by atoms with Crippen molar-refractivity contribution in [1.82, 2.24) is 29.9 Å². The molecule has 58 heavy (non-hydrogen) atoms. The van der Waals surface area contributed by atoms with E-state index in [1.807, 2.05) is 41.4 Å². The number of anilines is 2. The Balaban J connectivity index is 0.989. The van der Waals surface area contributed by atoms with Crippen LogP contribution in [-0.4, -0.2) is 94.5 Å². The number of aromatic nitrogens is 3. The minimum atomic E-state index is -0.588. The smallest absolute Gasteiger partial charge is 0.269 e. The largest absolute Gasteiger partial charge is 0.374 e. The zero-order chi connectivity index (χ0) is 40.5. The highest BCUT2D eigenvalue weighted by atomic mass is 19.1. The molecule has 4 amide bonds. The molecule has 1 atom stereocenters. The molecule has 3 aliphatic rings. The summed E-state index contributed by atoms with van der Waals surface area (Å²) < 4.78 is 33.6. The molecule has 300 valence electrons. The maximum atomic E-state index is 16.5. The van der Waals surface area contributed by atoms with Crippen LogP contribution >= 0.6 is 0 Å². The van der Waals surface area contributed by atoms with Crippen molar-refractivity contribution in [2.45, 2.75) is 57.0 Å². The number of fused-ring (bicyclic) bond motifs is 1. The third kappa shape index (κ3) is 7.95. The zero-order valence-electron chi connectivity index (χ0n) is 32.6. The van der Waals surface area contributed by atoms with Crippen molar-refractivity contribution < 1.29 is 28.0 Å². The van der Waals surface area contributed by atoms with Gasteiger partial charge in [0, 0.05) is 88.7 Å². The van der Waals surface area contributed by atoms with Gasteiger partial charge in [-0.2, -0.15) is 5.10 Å². The number of piperidine rings is 2. The van der Waals surface area contributed by atoms with Crippen molar-refractivity contribution in [3.63, 3.8) is 0 Å². The number of aryl methyl sites for hydroxylation is 1. The number of H-pyrrole nitrogens is 1. The lowest BCUT2D eigenvalue weighted by atomic mass is 9.87. The van der Waals surface area contributed by atoms with Crippen molar-refractivity contribution in [1.29, 1.82) is 0 Å². The number of rotatable bonds is 10. The number of carbonyl (C=O) groups excluding carboxylic acids is 4.